The van der Waals surface area contributed by atoms with Gasteiger partial charge in [-0.3, -0.25) is 14.6 Å². The fraction of sp³-hybridized carbons (Fsp3) is 0.533. The fourth-order valence-corrected chi connectivity index (χ4v) is 2.56. The summed E-state index contributed by atoms with van der Waals surface area (Å²) in [6.45, 7) is 6.31. The Kier molecular flexibility index (Phi) is 5.17. The van der Waals surface area contributed by atoms with Gasteiger partial charge in [0.1, 0.15) is 0 Å². The average molecular weight is 310 g/mol. The normalized spacial score (nSPS) is 15.4. The van der Waals surface area contributed by atoms with Gasteiger partial charge in [-0.1, -0.05) is 25.4 Å². The van der Waals surface area contributed by atoms with Gasteiger partial charge in [-0.2, -0.15) is 0 Å². The van der Waals surface area contributed by atoms with Crippen LogP contribution in [0.3, 0.4) is 0 Å². The van der Waals surface area contributed by atoms with Crippen molar-refractivity contribution < 1.29 is 9.59 Å². The minimum Gasteiger partial charge on any atom is -0.339 e. The predicted octanol–water partition coefficient (Wildman–Crippen LogP) is 2.07. The van der Waals surface area contributed by atoms with Crippen molar-refractivity contribution >= 4 is 23.4 Å². The molecule has 0 saturated carbocycles. The molecule has 2 rings (SSSR count). The third-order valence-corrected chi connectivity index (χ3v) is 3.81. The Morgan fingerprint density at radius 2 is 1.86 bits per heavy atom. The molecular formula is C15H20ClN3O2. The summed E-state index contributed by atoms with van der Waals surface area (Å²) in [5.41, 5.74) is 0.466. The van der Waals surface area contributed by atoms with E-state index in [0.29, 0.717) is 49.1 Å². The molecule has 1 saturated heterocycles. The van der Waals surface area contributed by atoms with Crippen LogP contribution >= 0.6 is 11.6 Å². The second kappa shape index (κ2) is 6.89. The van der Waals surface area contributed by atoms with E-state index in [9.17, 15) is 9.59 Å². The molecule has 0 radical (unpaired) electrons. The molecule has 1 aliphatic heterocycles. The lowest BCUT2D eigenvalue weighted by molar-refractivity contribution is -0.133. The van der Waals surface area contributed by atoms with Gasteiger partial charge in [-0.15, -0.1) is 0 Å². The Morgan fingerprint density at radius 1 is 1.24 bits per heavy atom. The molecule has 2 amide bonds. The third-order valence-electron chi connectivity index (χ3n) is 3.51. The van der Waals surface area contributed by atoms with Crippen molar-refractivity contribution in [2.45, 2.75) is 20.3 Å². The molecule has 2 heterocycles. The van der Waals surface area contributed by atoms with E-state index < -0.39 is 0 Å². The van der Waals surface area contributed by atoms with Gasteiger partial charge in [-0.25, -0.2) is 0 Å². The van der Waals surface area contributed by atoms with E-state index in [0.717, 1.165) is 0 Å². The van der Waals surface area contributed by atoms with Crippen LogP contribution in [0.5, 0.6) is 0 Å². The topological polar surface area (TPSA) is 53.5 Å². The number of piperazine rings is 1. The highest BCUT2D eigenvalue weighted by atomic mass is 35.5. The van der Waals surface area contributed by atoms with Crippen molar-refractivity contribution in [3.8, 4) is 0 Å². The Labute approximate surface area is 129 Å². The first kappa shape index (κ1) is 15.8. The Bertz CT molecular complexity index is 525. The molecule has 0 atom stereocenters. The molecule has 6 heteroatoms. The summed E-state index contributed by atoms with van der Waals surface area (Å²) < 4.78 is 0. The molecule has 1 fully saturated rings. The van der Waals surface area contributed by atoms with Crippen molar-refractivity contribution in [2.24, 2.45) is 5.92 Å². The van der Waals surface area contributed by atoms with Gasteiger partial charge in [0.2, 0.25) is 5.91 Å². The van der Waals surface area contributed by atoms with Crippen molar-refractivity contribution in [1.82, 2.24) is 14.8 Å². The first-order valence-electron chi connectivity index (χ1n) is 7.15. The number of carbonyl (C=O) groups is 2. The van der Waals surface area contributed by atoms with Crippen LogP contribution in [0.15, 0.2) is 18.5 Å². The molecule has 0 unspecified atom stereocenters. The summed E-state index contributed by atoms with van der Waals surface area (Å²) in [6.07, 6.45) is 3.59. The summed E-state index contributed by atoms with van der Waals surface area (Å²) >= 11 is 6.00. The van der Waals surface area contributed by atoms with E-state index in [1.54, 1.807) is 17.2 Å². The second-order valence-electron chi connectivity index (χ2n) is 5.63. The standard InChI is InChI=1S/C15H20ClN3O2/c1-11(2)9-14(20)18-5-7-19(8-6-18)15(21)12-3-4-17-10-13(12)16/h3-4,10-11H,5-9H2,1-2H3. The summed E-state index contributed by atoms with van der Waals surface area (Å²) in [5.74, 6) is 0.421. The Balaban J connectivity index is 1.94. The highest BCUT2D eigenvalue weighted by Crippen LogP contribution is 2.17. The number of hydrogen-bond donors (Lipinski definition) is 0. The SMILES string of the molecule is CC(C)CC(=O)N1CCN(C(=O)c2ccncc2Cl)CC1. The molecule has 1 aromatic heterocycles. The predicted molar refractivity (Wildman–Crippen MR) is 81.2 cm³/mol. The summed E-state index contributed by atoms with van der Waals surface area (Å²) in [6, 6.07) is 1.63. The number of pyridine rings is 1. The monoisotopic (exact) mass is 309 g/mol. The summed E-state index contributed by atoms with van der Waals surface area (Å²) in [7, 11) is 0. The van der Waals surface area contributed by atoms with Crippen LogP contribution < -0.4 is 0 Å². The Morgan fingerprint density at radius 3 is 2.43 bits per heavy atom. The van der Waals surface area contributed by atoms with Gasteiger partial charge < -0.3 is 9.80 Å². The maximum absolute atomic E-state index is 12.4. The van der Waals surface area contributed by atoms with E-state index in [4.69, 9.17) is 11.6 Å². The third kappa shape index (κ3) is 3.94. The summed E-state index contributed by atoms with van der Waals surface area (Å²) in [5, 5.41) is 0.362. The van der Waals surface area contributed by atoms with Crippen molar-refractivity contribution in [2.75, 3.05) is 26.2 Å². The minimum atomic E-state index is -0.0987. The first-order valence-corrected chi connectivity index (χ1v) is 7.53. The van der Waals surface area contributed by atoms with Gasteiger partial charge in [0.15, 0.2) is 0 Å². The zero-order valence-electron chi connectivity index (χ0n) is 12.4. The molecule has 5 nitrogen and oxygen atoms in total. The lowest BCUT2D eigenvalue weighted by atomic mass is 10.1. The fourth-order valence-electron chi connectivity index (χ4n) is 2.36. The molecule has 0 spiro atoms. The maximum Gasteiger partial charge on any atom is 0.255 e. The molecule has 1 aliphatic rings. The van der Waals surface area contributed by atoms with Gasteiger partial charge in [0, 0.05) is 45.0 Å². The van der Waals surface area contributed by atoms with Crippen LogP contribution in [-0.4, -0.2) is 52.8 Å². The van der Waals surface area contributed by atoms with Gasteiger partial charge in [-0.05, 0) is 12.0 Å². The van der Waals surface area contributed by atoms with E-state index >= 15 is 0 Å². The van der Waals surface area contributed by atoms with E-state index in [-0.39, 0.29) is 11.8 Å². The Hall–Kier alpha value is -1.62. The average Bonchev–Trinajstić information content (AvgIpc) is 2.46. The highest BCUT2D eigenvalue weighted by Gasteiger charge is 2.25. The molecule has 0 aromatic carbocycles. The van der Waals surface area contributed by atoms with Crippen molar-refractivity contribution in [1.29, 1.82) is 0 Å². The number of carbonyl (C=O) groups excluding carboxylic acids is 2. The molecule has 0 aliphatic carbocycles. The van der Waals surface area contributed by atoms with Gasteiger partial charge in [0.05, 0.1) is 10.6 Å². The van der Waals surface area contributed by atoms with E-state index in [1.807, 2.05) is 18.7 Å². The number of halogens is 1. The quantitative estimate of drug-likeness (QED) is 0.859. The molecule has 1 aromatic rings. The zero-order valence-corrected chi connectivity index (χ0v) is 13.1. The number of hydrogen-bond acceptors (Lipinski definition) is 3. The lowest BCUT2D eigenvalue weighted by Crippen LogP contribution is -2.50. The number of rotatable bonds is 3. The van der Waals surface area contributed by atoms with E-state index in [1.165, 1.54) is 6.20 Å². The number of nitrogens with zero attached hydrogens (tertiary/aromatic N) is 3. The largest absolute Gasteiger partial charge is 0.339 e. The molecule has 114 valence electrons. The number of amides is 2. The van der Waals surface area contributed by atoms with Gasteiger partial charge in [0.25, 0.3) is 5.91 Å². The highest BCUT2D eigenvalue weighted by molar-refractivity contribution is 6.33. The minimum absolute atomic E-state index is 0.0987. The summed E-state index contributed by atoms with van der Waals surface area (Å²) in [4.78, 5) is 31.8. The second-order valence-corrected chi connectivity index (χ2v) is 6.03. The lowest BCUT2D eigenvalue weighted by Gasteiger charge is -2.35. The molecular weight excluding hydrogens is 290 g/mol. The molecule has 0 N–H and O–H groups in total. The zero-order chi connectivity index (χ0) is 15.4. The van der Waals surface area contributed by atoms with Crippen LogP contribution in [-0.2, 0) is 4.79 Å². The van der Waals surface area contributed by atoms with Crippen LogP contribution in [0.1, 0.15) is 30.6 Å². The van der Waals surface area contributed by atoms with Crippen molar-refractivity contribution in [3.05, 3.63) is 29.0 Å². The van der Waals surface area contributed by atoms with Crippen LogP contribution in [0.2, 0.25) is 5.02 Å². The van der Waals surface area contributed by atoms with Crippen molar-refractivity contribution in [3.63, 3.8) is 0 Å². The smallest absolute Gasteiger partial charge is 0.255 e. The van der Waals surface area contributed by atoms with Crippen LogP contribution in [0.25, 0.3) is 0 Å². The first-order chi connectivity index (χ1) is 9.99. The molecule has 21 heavy (non-hydrogen) atoms. The van der Waals surface area contributed by atoms with E-state index in [2.05, 4.69) is 4.98 Å². The van der Waals surface area contributed by atoms with Crippen LogP contribution in [0.4, 0.5) is 0 Å². The molecule has 0 bridgehead atoms. The van der Waals surface area contributed by atoms with Gasteiger partial charge >= 0.3 is 0 Å². The number of aromatic nitrogens is 1. The van der Waals surface area contributed by atoms with Crippen LogP contribution in [0, 0.1) is 5.92 Å². The maximum atomic E-state index is 12.4.